The number of hydrogen-bond donors (Lipinski definition) is 0. The second-order valence-corrected chi connectivity index (χ2v) is 3.48. The van der Waals surface area contributed by atoms with Crippen molar-refractivity contribution < 1.29 is 0 Å². The maximum Gasteiger partial charge on any atom is -0.0445 e. The third kappa shape index (κ3) is 8.00. The van der Waals surface area contributed by atoms with Gasteiger partial charge in [0.15, 0.2) is 0 Å². The highest BCUT2D eigenvalue weighted by Gasteiger charge is 1.99. The van der Waals surface area contributed by atoms with E-state index in [-0.39, 0.29) is 7.43 Å². The van der Waals surface area contributed by atoms with Crippen LogP contribution in [0.1, 0.15) is 54.4 Å². The summed E-state index contributed by atoms with van der Waals surface area (Å²) in [5, 5.41) is 0. The SMILES string of the molecule is C.CC[C@H](C)CCC(C)C. The molecule has 64 valence electrons. The number of rotatable bonds is 4. The average molecular weight is 144 g/mol. The van der Waals surface area contributed by atoms with Gasteiger partial charge in [-0.1, -0.05) is 54.4 Å². The molecular formula is C10H24. The third-order valence-electron chi connectivity index (χ3n) is 1.93. The van der Waals surface area contributed by atoms with Gasteiger partial charge >= 0.3 is 0 Å². The zero-order valence-electron chi connectivity index (χ0n) is 7.28. The normalized spacial score (nSPS) is 12.9. The Morgan fingerprint density at radius 3 is 1.80 bits per heavy atom. The molecule has 0 aromatic rings. The van der Waals surface area contributed by atoms with Gasteiger partial charge in [0.2, 0.25) is 0 Å². The molecule has 0 aliphatic rings. The Morgan fingerprint density at radius 2 is 1.50 bits per heavy atom. The van der Waals surface area contributed by atoms with Crippen LogP contribution in [0.5, 0.6) is 0 Å². The van der Waals surface area contributed by atoms with Crippen molar-refractivity contribution in [1.82, 2.24) is 0 Å². The first-order chi connectivity index (χ1) is 4.16. The first-order valence-corrected chi connectivity index (χ1v) is 4.16. The summed E-state index contributed by atoms with van der Waals surface area (Å²) < 4.78 is 0. The number of hydrogen-bond acceptors (Lipinski definition) is 0. The minimum atomic E-state index is 0. The molecule has 0 aliphatic carbocycles. The lowest BCUT2D eigenvalue weighted by molar-refractivity contribution is 0.441. The highest BCUT2D eigenvalue weighted by Crippen LogP contribution is 2.13. The van der Waals surface area contributed by atoms with Crippen molar-refractivity contribution in [2.75, 3.05) is 0 Å². The van der Waals surface area contributed by atoms with E-state index in [2.05, 4.69) is 27.7 Å². The highest BCUT2D eigenvalue weighted by atomic mass is 14.1. The summed E-state index contributed by atoms with van der Waals surface area (Å²) in [4.78, 5) is 0. The van der Waals surface area contributed by atoms with Crippen molar-refractivity contribution in [1.29, 1.82) is 0 Å². The molecule has 0 nitrogen and oxygen atoms in total. The molecule has 0 aliphatic heterocycles. The van der Waals surface area contributed by atoms with Crippen molar-refractivity contribution in [3.05, 3.63) is 0 Å². The molecule has 0 rings (SSSR count). The van der Waals surface area contributed by atoms with Gasteiger partial charge < -0.3 is 0 Å². The predicted octanol–water partition coefficient (Wildman–Crippen LogP) is 4.10. The van der Waals surface area contributed by atoms with Crippen molar-refractivity contribution in [2.45, 2.75) is 54.4 Å². The Labute approximate surface area is 67.0 Å². The first-order valence-electron chi connectivity index (χ1n) is 4.16. The summed E-state index contributed by atoms with van der Waals surface area (Å²) in [7, 11) is 0. The fourth-order valence-electron chi connectivity index (χ4n) is 0.822. The van der Waals surface area contributed by atoms with E-state index in [1.54, 1.807) is 0 Å². The Balaban J connectivity index is 0. The van der Waals surface area contributed by atoms with Crippen molar-refractivity contribution in [3.63, 3.8) is 0 Å². The van der Waals surface area contributed by atoms with Crippen LogP contribution in [0, 0.1) is 11.8 Å². The second kappa shape index (κ2) is 7.11. The Hall–Kier alpha value is 0. The molecule has 10 heavy (non-hydrogen) atoms. The van der Waals surface area contributed by atoms with E-state index < -0.39 is 0 Å². The molecule has 0 radical (unpaired) electrons. The van der Waals surface area contributed by atoms with Gasteiger partial charge in [-0.15, -0.1) is 0 Å². The summed E-state index contributed by atoms with van der Waals surface area (Å²) in [6.07, 6.45) is 4.15. The van der Waals surface area contributed by atoms with Crippen LogP contribution in [0.4, 0.5) is 0 Å². The maximum atomic E-state index is 2.34. The molecule has 0 heterocycles. The molecule has 0 saturated heterocycles. The van der Waals surface area contributed by atoms with E-state index in [1.165, 1.54) is 19.3 Å². The Morgan fingerprint density at radius 1 is 1.00 bits per heavy atom. The molecule has 0 saturated carbocycles. The van der Waals surface area contributed by atoms with Gasteiger partial charge in [-0.2, -0.15) is 0 Å². The van der Waals surface area contributed by atoms with Crippen LogP contribution in [-0.4, -0.2) is 0 Å². The van der Waals surface area contributed by atoms with Crippen LogP contribution in [-0.2, 0) is 0 Å². The van der Waals surface area contributed by atoms with Gasteiger partial charge in [0.25, 0.3) is 0 Å². The summed E-state index contributed by atoms with van der Waals surface area (Å²) in [6.45, 7) is 9.19. The molecule has 0 amide bonds. The standard InChI is InChI=1S/C9H20.CH4/c1-5-9(4)7-6-8(2)3;/h8-9H,5-7H2,1-4H3;1H4/t9-;/m0./s1. The minimum Gasteiger partial charge on any atom is -0.0776 e. The Bertz CT molecular complexity index is 55.1. The summed E-state index contributed by atoms with van der Waals surface area (Å²) >= 11 is 0. The first kappa shape index (κ1) is 12.7. The van der Waals surface area contributed by atoms with Gasteiger partial charge in [0.05, 0.1) is 0 Å². The van der Waals surface area contributed by atoms with Crippen molar-refractivity contribution in [2.24, 2.45) is 11.8 Å². The topological polar surface area (TPSA) is 0 Å². The molecular weight excluding hydrogens is 120 g/mol. The minimum absolute atomic E-state index is 0. The van der Waals surface area contributed by atoms with E-state index in [1.807, 2.05) is 0 Å². The molecule has 0 aromatic heterocycles. The smallest absolute Gasteiger partial charge is 0.0445 e. The van der Waals surface area contributed by atoms with E-state index >= 15 is 0 Å². The van der Waals surface area contributed by atoms with Crippen molar-refractivity contribution in [3.8, 4) is 0 Å². The summed E-state index contributed by atoms with van der Waals surface area (Å²) in [6, 6.07) is 0. The van der Waals surface area contributed by atoms with Gasteiger partial charge in [-0.25, -0.2) is 0 Å². The molecule has 0 unspecified atom stereocenters. The van der Waals surface area contributed by atoms with Gasteiger partial charge in [-0.05, 0) is 11.8 Å². The molecule has 0 N–H and O–H groups in total. The van der Waals surface area contributed by atoms with Crippen LogP contribution >= 0.6 is 0 Å². The zero-order valence-corrected chi connectivity index (χ0v) is 7.28. The average Bonchev–Trinajstić information content (AvgIpc) is 1.83. The van der Waals surface area contributed by atoms with E-state index in [4.69, 9.17) is 0 Å². The zero-order chi connectivity index (χ0) is 7.28. The van der Waals surface area contributed by atoms with Crippen molar-refractivity contribution >= 4 is 0 Å². The molecule has 0 fully saturated rings. The second-order valence-electron chi connectivity index (χ2n) is 3.48. The highest BCUT2D eigenvalue weighted by molar-refractivity contribution is 4.52. The van der Waals surface area contributed by atoms with E-state index in [0.29, 0.717) is 0 Å². The lowest BCUT2D eigenvalue weighted by Crippen LogP contribution is -1.95. The summed E-state index contributed by atoms with van der Waals surface area (Å²) in [5.74, 6) is 1.83. The van der Waals surface area contributed by atoms with Crippen LogP contribution in [0.2, 0.25) is 0 Å². The molecule has 0 heteroatoms. The Kier molecular flexibility index (Phi) is 9.00. The lowest BCUT2D eigenvalue weighted by Gasteiger charge is -2.09. The molecule has 0 spiro atoms. The summed E-state index contributed by atoms with van der Waals surface area (Å²) in [5.41, 5.74) is 0. The monoisotopic (exact) mass is 144 g/mol. The van der Waals surface area contributed by atoms with Gasteiger partial charge in [0.1, 0.15) is 0 Å². The predicted molar refractivity (Wildman–Crippen MR) is 50.3 cm³/mol. The molecule has 1 atom stereocenters. The van der Waals surface area contributed by atoms with Gasteiger partial charge in [0, 0.05) is 0 Å². The quantitative estimate of drug-likeness (QED) is 0.557. The fourth-order valence-corrected chi connectivity index (χ4v) is 0.822. The van der Waals surface area contributed by atoms with Gasteiger partial charge in [-0.3, -0.25) is 0 Å². The fraction of sp³-hybridized carbons (Fsp3) is 1.00. The van der Waals surface area contributed by atoms with Crippen LogP contribution in [0.3, 0.4) is 0 Å². The third-order valence-corrected chi connectivity index (χ3v) is 1.93. The van der Waals surface area contributed by atoms with E-state index in [0.717, 1.165) is 11.8 Å². The lowest BCUT2D eigenvalue weighted by atomic mass is 9.98. The maximum absolute atomic E-state index is 2.34. The van der Waals surface area contributed by atoms with Crippen LogP contribution in [0.25, 0.3) is 0 Å². The van der Waals surface area contributed by atoms with Crippen LogP contribution in [0.15, 0.2) is 0 Å². The largest absolute Gasteiger partial charge is 0.0776 e. The molecule has 0 aromatic carbocycles. The molecule has 0 bridgehead atoms. The van der Waals surface area contributed by atoms with E-state index in [9.17, 15) is 0 Å². The van der Waals surface area contributed by atoms with Crippen LogP contribution < -0.4 is 0 Å².